The van der Waals surface area contributed by atoms with Crippen LogP contribution in [0.3, 0.4) is 0 Å². The quantitative estimate of drug-likeness (QED) is 0.706. The Kier molecular flexibility index (Phi) is 8.88. The molecule has 0 saturated carbocycles. The van der Waals surface area contributed by atoms with Crippen LogP contribution >= 0.6 is 0 Å². The molecule has 7 nitrogen and oxygen atoms in total. The van der Waals surface area contributed by atoms with Crippen molar-refractivity contribution >= 4 is 17.9 Å². The van der Waals surface area contributed by atoms with Crippen LogP contribution in [0.15, 0.2) is 18.2 Å². The average Bonchev–Trinajstić information content (AvgIpc) is 2.55. The highest BCUT2D eigenvalue weighted by Crippen LogP contribution is 2.27. The van der Waals surface area contributed by atoms with Crippen LogP contribution < -0.4 is 10.6 Å². The summed E-state index contributed by atoms with van der Waals surface area (Å²) >= 11 is 0. The predicted molar refractivity (Wildman–Crippen MR) is 118 cm³/mol. The molecule has 0 aliphatic rings. The van der Waals surface area contributed by atoms with Crippen molar-refractivity contribution in [2.75, 3.05) is 6.54 Å². The van der Waals surface area contributed by atoms with E-state index in [1.807, 2.05) is 59.7 Å². The lowest BCUT2D eigenvalue weighted by Gasteiger charge is -2.36. The third-order valence-electron chi connectivity index (χ3n) is 4.30. The molecule has 1 unspecified atom stereocenters. The second kappa shape index (κ2) is 10.5. The van der Waals surface area contributed by atoms with E-state index in [4.69, 9.17) is 4.74 Å². The number of rotatable bonds is 7. The molecule has 0 spiro atoms. The molecule has 0 bridgehead atoms. The maximum Gasteiger partial charge on any atom is 0.408 e. The van der Waals surface area contributed by atoms with Gasteiger partial charge in [0.15, 0.2) is 0 Å². The number of amides is 3. The van der Waals surface area contributed by atoms with Crippen LogP contribution in [-0.2, 0) is 14.3 Å². The Hall–Kier alpha value is -2.57. The summed E-state index contributed by atoms with van der Waals surface area (Å²) in [7, 11) is 0. The number of alkyl carbamates (subject to hydrolysis) is 1. The third-order valence-corrected chi connectivity index (χ3v) is 4.30. The molecular weight excluding hydrogens is 382 g/mol. The maximum atomic E-state index is 13.2. The van der Waals surface area contributed by atoms with Gasteiger partial charge in [-0.3, -0.25) is 9.59 Å². The van der Waals surface area contributed by atoms with E-state index in [2.05, 4.69) is 10.6 Å². The van der Waals surface area contributed by atoms with E-state index < -0.39 is 17.7 Å². The molecule has 168 valence electrons. The van der Waals surface area contributed by atoms with Gasteiger partial charge in [0, 0.05) is 12.1 Å². The molecule has 3 amide bonds. The van der Waals surface area contributed by atoms with Gasteiger partial charge in [-0.15, -0.1) is 0 Å². The summed E-state index contributed by atoms with van der Waals surface area (Å²) in [6.07, 6.45) is -0.672. The monoisotopic (exact) mass is 419 g/mol. The van der Waals surface area contributed by atoms with Crippen molar-refractivity contribution in [2.24, 2.45) is 0 Å². The van der Waals surface area contributed by atoms with E-state index in [0.717, 1.165) is 16.7 Å². The first-order chi connectivity index (χ1) is 13.7. The van der Waals surface area contributed by atoms with Gasteiger partial charge >= 0.3 is 6.09 Å². The standard InChI is InChI=1S/C23H37N3O4/c1-14(2)25-21(28)20(18-11-10-16(5)12-17(18)6)26(15(3)4)19(27)13-24-22(29)30-23(7,8)9/h10-12,14-15,20H,13H2,1-9H3,(H,24,29)(H,25,28). The van der Waals surface area contributed by atoms with Crippen molar-refractivity contribution in [2.45, 2.75) is 86.0 Å². The van der Waals surface area contributed by atoms with Gasteiger partial charge in [-0.2, -0.15) is 0 Å². The van der Waals surface area contributed by atoms with Crippen LogP contribution in [0.5, 0.6) is 0 Å². The number of benzene rings is 1. The fraction of sp³-hybridized carbons (Fsp3) is 0.609. The first kappa shape index (κ1) is 25.5. The Bertz CT molecular complexity index is 766. The number of ether oxygens (including phenoxy) is 1. The van der Waals surface area contributed by atoms with Crippen LogP contribution in [-0.4, -0.2) is 47.0 Å². The van der Waals surface area contributed by atoms with Crippen molar-refractivity contribution in [3.05, 3.63) is 34.9 Å². The Morgan fingerprint density at radius 3 is 2.13 bits per heavy atom. The third kappa shape index (κ3) is 7.69. The minimum atomic E-state index is -0.805. The molecule has 0 radical (unpaired) electrons. The molecule has 1 atom stereocenters. The number of hydrogen-bond donors (Lipinski definition) is 2. The van der Waals surface area contributed by atoms with E-state index in [9.17, 15) is 14.4 Å². The highest BCUT2D eigenvalue weighted by Gasteiger charge is 2.34. The van der Waals surface area contributed by atoms with Gasteiger partial charge in [0.1, 0.15) is 18.2 Å². The van der Waals surface area contributed by atoms with Crippen LogP contribution in [0.1, 0.15) is 71.2 Å². The zero-order chi connectivity index (χ0) is 23.2. The number of carbonyl (C=O) groups excluding carboxylic acids is 3. The van der Waals surface area contributed by atoms with E-state index in [1.165, 1.54) is 4.90 Å². The van der Waals surface area contributed by atoms with Crippen molar-refractivity contribution in [3.63, 3.8) is 0 Å². The normalized spacial score (nSPS) is 12.5. The molecule has 0 heterocycles. The number of nitrogens with one attached hydrogen (secondary N) is 2. The SMILES string of the molecule is Cc1ccc(C(C(=O)NC(C)C)N(C(=O)CNC(=O)OC(C)(C)C)C(C)C)c(C)c1. The first-order valence-corrected chi connectivity index (χ1v) is 10.4. The van der Waals surface area contributed by atoms with E-state index in [-0.39, 0.29) is 30.4 Å². The number of nitrogens with zero attached hydrogens (tertiary/aromatic N) is 1. The lowest BCUT2D eigenvalue weighted by atomic mass is 9.96. The van der Waals surface area contributed by atoms with Crippen LogP contribution in [0.25, 0.3) is 0 Å². The second-order valence-electron chi connectivity index (χ2n) is 9.18. The van der Waals surface area contributed by atoms with Gasteiger partial charge in [-0.25, -0.2) is 4.79 Å². The Morgan fingerprint density at radius 1 is 1.07 bits per heavy atom. The fourth-order valence-corrected chi connectivity index (χ4v) is 3.20. The molecule has 2 N–H and O–H groups in total. The summed E-state index contributed by atoms with van der Waals surface area (Å²) in [5.41, 5.74) is 2.10. The largest absolute Gasteiger partial charge is 0.444 e. The lowest BCUT2D eigenvalue weighted by molar-refractivity contribution is -0.142. The topological polar surface area (TPSA) is 87.7 Å². The van der Waals surface area contributed by atoms with Crippen molar-refractivity contribution < 1.29 is 19.1 Å². The zero-order valence-electron chi connectivity index (χ0n) is 19.8. The zero-order valence-corrected chi connectivity index (χ0v) is 19.8. The summed E-state index contributed by atoms with van der Waals surface area (Å²) in [5.74, 6) is -0.615. The van der Waals surface area contributed by atoms with Crippen LogP contribution in [0.4, 0.5) is 4.79 Å². The predicted octanol–water partition coefficient (Wildman–Crippen LogP) is 3.63. The first-order valence-electron chi connectivity index (χ1n) is 10.4. The highest BCUT2D eigenvalue weighted by molar-refractivity contribution is 5.91. The molecule has 7 heteroatoms. The molecule has 0 aliphatic heterocycles. The van der Waals surface area contributed by atoms with Crippen molar-refractivity contribution in [1.29, 1.82) is 0 Å². The minimum Gasteiger partial charge on any atom is -0.444 e. The van der Waals surface area contributed by atoms with Gasteiger partial charge < -0.3 is 20.3 Å². The van der Waals surface area contributed by atoms with Gasteiger partial charge in [-0.1, -0.05) is 23.8 Å². The smallest absolute Gasteiger partial charge is 0.408 e. The molecule has 1 aromatic rings. The van der Waals surface area contributed by atoms with Gasteiger partial charge in [-0.05, 0) is 73.4 Å². The molecule has 0 aromatic heterocycles. The van der Waals surface area contributed by atoms with E-state index in [0.29, 0.717) is 0 Å². The summed E-state index contributed by atoms with van der Waals surface area (Å²) in [6, 6.07) is 4.67. The molecule has 30 heavy (non-hydrogen) atoms. The van der Waals surface area contributed by atoms with E-state index in [1.54, 1.807) is 20.8 Å². The highest BCUT2D eigenvalue weighted by atomic mass is 16.6. The molecule has 1 aromatic carbocycles. The van der Waals surface area contributed by atoms with Crippen LogP contribution in [0, 0.1) is 13.8 Å². The molecule has 0 aliphatic carbocycles. The maximum absolute atomic E-state index is 13.2. The Morgan fingerprint density at radius 2 is 1.67 bits per heavy atom. The van der Waals surface area contributed by atoms with Gasteiger partial charge in [0.25, 0.3) is 0 Å². The summed E-state index contributed by atoms with van der Waals surface area (Å²) in [6.45, 7) is 16.4. The number of aryl methyl sites for hydroxylation is 2. The summed E-state index contributed by atoms with van der Waals surface area (Å²) in [4.78, 5) is 39.8. The molecule has 0 fully saturated rings. The van der Waals surface area contributed by atoms with Crippen molar-refractivity contribution in [1.82, 2.24) is 15.5 Å². The average molecular weight is 420 g/mol. The Balaban J connectivity index is 3.22. The number of carbonyl (C=O) groups is 3. The number of hydrogen-bond acceptors (Lipinski definition) is 4. The second-order valence-corrected chi connectivity index (χ2v) is 9.18. The van der Waals surface area contributed by atoms with Gasteiger partial charge in [0.05, 0.1) is 0 Å². The van der Waals surface area contributed by atoms with Gasteiger partial charge in [0.2, 0.25) is 11.8 Å². The fourth-order valence-electron chi connectivity index (χ4n) is 3.20. The molecular formula is C23H37N3O4. The lowest BCUT2D eigenvalue weighted by Crippen LogP contribution is -2.51. The van der Waals surface area contributed by atoms with Crippen molar-refractivity contribution in [3.8, 4) is 0 Å². The molecule has 1 rings (SSSR count). The van der Waals surface area contributed by atoms with Crippen LogP contribution in [0.2, 0.25) is 0 Å². The molecule has 0 saturated heterocycles. The summed E-state index contributed by atoms with van der Waals surface area (Å²) < 4.78 is 5.21. The Labute approximate surface area is 180 Å². The van der Waals surface area contributed by atoms with E-state index >= 15 is 0 Å². The summed E-state index contributed by atoms with van der Waals surface area (Å²) in [5, 5.41) is 5.42. The minimum absolute atomic E-state index is 0.0743.